The van der Waals surface area contributed by atoms with E-state index in [-0.39, 0.29) is 23.3 Å². The van der Waals surface area contributed by atoms with Crippen molar-refractivity contribution < 1.29 is 9.90 Å². The highest BCUT2D eigenvalue weighted by atomic mass is 16.3. The molecule has 2 aliphatic rings. The highest BCUT2D eigenvalue weighted by Gasteiger charge is 2.44. The van der Waals surface area contributed by atoms with Gasteiger partial charge in [0.05, 0.1) is 0 Å². The van der Waals surface area contributed by atoms with Crippen LogP contribution in [-0.2, 0) is 11.3 Å². The van der Waals surface area contributed by atoms with Gasteiger partial charge in [0.1, 0.15) is 11.8 Å². The molecule has 0 aliphatic heterocycles. The number of carbonyl (C=O) groups excluding carboxylic acids is 1. The highest BCUT2D eigenvalue weighted by Crippen LogP contribution is 2.47. The fourth-order valence-electron chi connectivity index (χ4n) is 4.14. The Balaban J connectivity index is 1.89. The van der Waals surface area contributed by atoms with Crippen LogP contribution < -0.4 is 0 Å². The summed E-state index contributed by atoms with van der Waals surface area (Å²) in [7, 11) is 0. The molecule has 0 radical (unpaired) electrons. The van der Waals surface area contributed by atoms with E-state index in [0.29, 0.717) is 18.4 Å². The summed E-state index contributed by atoms with van der Waals surface area (Å²) in [5.41, 5.74) is 0.917. The van der Waals surface area contributed by atoms with Crippen LogP contribution in [0.15, 0.2) is 41.7 Å². The molecule has 2 bridgehead atoms. The summed E-state index contributed by atoms with van der Waals surface area (Å²) in [6.45, 7) is 1.89. The largest absolute Gasteiger partial charge is 0.511 e. The van der Waals surface area contributed by atoms with Crippen LogP contribution in [0.25, 0.3) is 0 Å². The number of hydrogen-bond acceptors (Lipinski definition) is 3. The van der Waals surface area contributed by atoms with Crippen molar-refractivity contribution in [3.05, 3.63) is 47.2 Å². The Morgan fingerprint density at radius 1 is 1.30 bits per heavy atom. The number of rotatable bonds is 4. The van der Waals surface area contributed by atoms with Crippen LogP contribution in [0.3, 0.4) is 0 Å². The van der Waals surface area contributed by atoms with Crippen LogP contribution in [0.1, 0.15) is 38.2 Å². The molecule has 2 aliphatic carbocycles. The predicted octanol–water partition coefficient (Wildman–Crippen LogP) is 3.56. The maximum atomic E-state index is 12.9. The van der Waals surface area contributed by atoms with Gasteiger partial charge in [-0.25, -0.2) is 0 Å². The lowest BCUT2D eigenvalue weighted by Crippen LogP contribution is -2.43. The number of nitriles is 1. The van der Waals surface area contributed by atoms with Crippen molar-refractivity contribution in [2.24, 2.45) is 11.8 Å². The second-order valence-corrected chi connectivity index (χ2v) is 6.73. The molecule has 1 aromatic carbocycles. The van der Waals surface area contributed by atoms with Crippen LogP contribution in [0.2, 0.25) is 0 Å². The van der Waals surface area contributed by atoms with E-state index in [1.54, 1.807) is 0 Å². The second kappa shape index (κ2) is 6.45. The molecule has 4 heteroatoms. The smallest absolute Gasteiger partial charge is 0.268 e. The zero-order valence-electron chi connectivity index (χ0n) is 13.4. The van der Waals surface area contributed by atoms with Gasteiger partial charge in [0.15, 0.2) is 5.57 Å². The van der Waals surface area contributed by atoms with Gasteiger partial charge in [0, 0.05) is 12.6 Å². The number of nitrogens with zero attached hydrogens (tertiary/aromatic N) is 2. The van der Waals surface area contributed by atoms with Gasteiger partial charge in [-0.2, -0.15) is 5.26 Å². The predicted molar refractivity (Wildman–Crippen MR) is 87.2 cm³/mol. The molecule has 0 heterocycles. The van der Waals surface area contributed by atoms with Crippen LogP contribution in [0, 0.1) is 23.2 Å². The van der Waals surface area contributed by atoms with Crippen molar-refractivity contribution in [2.75, 3.05) is 0 Å². The number of aliphatic hydroxyl groups excluding tert-OH is 1. The molecule has 3 rings (SSSR count). The summed E-state index contributed by atoms with van der Waals surface area (Å²) in [6.07, 6.45) is 4.63. The van der Waals surface area contributed by atoms with Gasteiger partial charge in [0.2, 0.25) is 0 Å². The van der Waals surface area contributed by atoms with Crippen LogP contribution in [0.5, 0.6) is 0 Å². The van der Waals surface area contributed by atoms with E-state index in [1.165, 1.54) is 19.8 Å². The molecule has 1 aromatic rings. The van der Waals surface area contributed by atoms with Gasteiger partial charge in [0.25, 0.3) is 5.91 Å². The third-order valence-corrected chi connectivity index (χ3v) is 5.25. The Hall–Kier alpha value is -2.28. The molecule has 1 N–H and O–H groups in total. The van der Waals surface area contributed by atoms with Crippen molar-refractivity contribution in [3.63, 3.8) is 0 Å². The van der Waals surface area contributed by atoms with Gasteiger partial charge in [-0.1, -0.05) is 36.8 Å². The Bertz CT molecular complexity index is 656. The minimum atomic E-state index is -0.339. The fourth-order valence-corrected chi connectivity index (χ4v) is 4.14. The Morgan fingerprint density at radius 3 is 2.57 bits per heavy atom. The maximum absolute atomic E-state index is 12.9. The molecule has 3 unspecified atom stereocenters. The number of allylic oxidation sites excluding steroid dienone is 1. The lowest BCUT2D eigenvalue weighted by Gasteiger charge is -2.34. The third-order valence-electron chi connectivity index (χ3n) is 5.25. The van der Waals surface area contributed by atoms with Crippen LogP contribution in [-0.4, -0.2) is 22.0 Å². The van der Waals surface area contributed by atoms with E-state index in [0.717, 1.165) is 18.4 Å². The van der Waals surface area contributed by atoms with E-state index in [9.17, 15) is 15.2 Å². The third kappa shape index (κ3) is 3.10. The first-order chi connectivity index (χ1) is 11.1. The molecular weight excluding hydrogens is 288 g/mol. The fraction of sp³-hybridized carbons (Fsp3) is 0.474. The monoisotopic (exact) mass is 310 g/mol. The normalized spacial score (nSPS) is 26.5. The van der Waals surface area contributed by atoms with E-state index in [1.807, 2.05) is 41.3 Å². The van der Waals surface area contributed by atoms with Gasteiger partial charge in [-0.15, -0.1) is 0 Å². The standard InChI is InChI=1S/C19H22N2O2/c1-13(22)17(11-20)19(23)21(12-14-5-3-2-4-6-14)18-10-15-7-8-16(18)9-15/h2-6,15-16,18,22H,7-10,12H2,1H3/b17-13-. The van der Waals surface area contributed by atoms with E-state index in [4.69, 9.17) is 0 Å². The van der Waals surface area contributed by atoms with Gasteiger partial charge < -0.3 is 10.0 Å². The van der Waals surface area contributed by atoms with Gasteiger partial charge in [-0.05, 0) is 43.6 Å². The Morgan fingerprint density at radius 2 is 2.04 bits per heavy atom. The quantitative estimate of drug-likeness (QED) is 0.525. The SMILES string of the molecule is C/C(O)=C(\C#N)C(=O)N(Cc1ccccc1)C1CC2CCC1C2. The lowest BCUT2D eigenvalue weighted by atomic mass is 9.93. The first-order valence-corrected chi connectivity index (χ1v) is 8.25. The average Bonchev–Trinajstić information content (AvgIpc) is 3.16. The summed E-state index contributed by atoms with van der Waals surface area (Å²) in [5, 5.41) is 18.9. The van der Waals surface area contributed by atoms with Crippen molar-refractivity contribution >= 4 is 5.91 Å². The van der Waals surface area contributed by atoms with Crippen molar-refractivity contribution in [3.8, 4) is 6.07 Å². The molecule has 0 aromatic heterocycles. The molecular formula is C19H22N2O2. The zero-order valence-corrected chi connectivity index (χ0v) is 13.4. The first kappa shape index (κ1) is 15.6. The highest BCUT2D eigenvalue weighted by molar-refractivity contribution is 5.97. The molecule has 3 atom stereocenters. The van der Waals surface area contributed by atoms with Crippen LogP contribution >= 0.6 is 0 Å². The Labute approximate surface area is 137 Å². The maximum Gasteiger partial charge on any atom is 0.268 e. The number of fused-ring (bicyclic) bond motifs is 2. The number of aliphatic hydroxyl groups is 1. The molecule has 4 nitrogen and oxygen atoms in total. The molecule has 0 spiro atoms. The molecule has 2 saturated carbocycles. The summed E-state index contributed by atoms with van der Waals surface area (Å²) < 4.78 is 0. The number of carbonyl (C=O) groups is 1. The molecule has 120 valence electrons. The topological polar surface area (TPSA) is 64.3 Å². The number of benzene rings is 1. The zero-order chi connectivity index (χ0) is 16.4. The Kier molecular flexibility index (Phi) is 4.38. The van der Waals surface area contributed by atoms with Crippen molar-refractivity contribution in [2.45, 2.75) is 45.2 Å². The summed E-state index contributed by atoms with van der Waals surface area (Å²) in [6, 6.07) is 11.9. The van der Waals surface area contributed by atoms with E-state index >= 15 is 0 Å². The lowest BCUT2D eigenvalue weighted by molar-refractivity contribution is -0.131. The van der Waals surface area contributed by atoms with Crippen molar-refractivity contribution in [1.29, 1.82) is 5.26 Å². The van der Waals surface area contributed by atoms with Crippen LogP contribution in [0.4, 0.5) is 0 Å². The number of amides is 1. The molecule has 2 fully saturated rings. The molecule has 0 saturated heterocycles. The first-order valence-electron chi connectivity index (χ1n) is 8.25. The minimum absolute atomic E-state index is 0.135. The number of hydrogen-bond donors (Lipinski definition) is 1. The molecule has 23 heavy (non-hydrogen) atoms. The average molecular weight is 310 g/mol. The second-order valence-electron chi connectivity index (χ2n) is 6.73. The van der Waals surface area contributed by atoms with E-state index < -0.39 is 0 Å². The van der Waals surface area contributed by atoms with E-state index in [2.05, 4.69) is 0 Å². The summed E-state index contributed by atoms with van der Waals surface area (Å²) >= 11 is 0. The summed E-state index contributed by atoms with van der Waals surface area (Å²) in [5.74, 6) is 0.708. The van der Waals surface area contributed by atoms with Gasteiger partial charge >= 0.3 is 0 Å². The minimum Gasteiger partial charge on any atom is -0.511 e. The van der Waals surface area contributed by atoms with Gasteiger partial charge in [-0.3, -0.25) is 4.79 Å². The summed E-state index contributed by atoms with van der Waals surface area (Å²) in [4.78, 5) is 14.7. The molecule has 1 amide bonds. The van der Waals surface area contributed by atoms with Crippen molar-refractivity contribution in [1.82, 2.24) is 4.90 Å².